The van der Waals surface area contributed by atoms with Crippen molar-refractivity contribution in [3.05, 3.63) is 0 Å². The molecule has 0 radical (unpaired) electrons. The van der Waals surface area contributed by atoms with Gasteiger partial charge >= 0.3 is 6.18 Å². The summed E-state index contributed by atoms with van der Waals surface area (Å²) in [5.41, 5.74) is 0. The fourth-order valence-electron chi connectivity index (χ4n) is 3.19. The number of hydrogen-bond acceptors (Lipinski definition) is 2. The van der Waals surface area contributed by atoms with E-state index in [2.05, 4.69) is 12.2 Å². The van der Waals surface area contributed by atoms with E-state index in [0.717, 1.165) is 19.4 Å². The van der Waals surface area contributed by atoms with Crippen molar-refractivity contribution in [3.63, 3.8) is 0 Å². The van der Waals surface area contributed by atoms with Gasteiger partial charge in [-0.1, -0.05) is 6.92 Å². The van der Waals surface area contributed by atoms with Crippen LogP contribution in [0.25, 0.3) is 0 Å². The zero-order valence-electron chi connectivity index (χ0n) is 12.0. The Hall–Kier alpha value is -0.780. The fraction of sp³-hybridized carbons (Fsp3) is 0.929. The minimum Gasteiger partial charge on any atom is -0.338 e. The van der Waals surface area contributed by atoms with Crippen LogP contribution in [0.1, 0.15) is 39.5 Å². The average molecular weight is 292 g/mol. The van der Waals surface area contributed by atoms with Gasteiger partial charge < -0.3 is 10.2 Å². The molecule has 1 amide bonds. The summed E-state index contributed by atoms with van der Waals surface area (Å²) in [7, 11) is 0. The molecule has 2 aliphatic rings. The van der Waals surface area contributed by atoms with Crippen LogP contribution in [-0.4, -0.2) is 42.2 Å². The molecule has 2 fully saturated rings. The van der Waals surface area contributed by atoms with Crippen molar-refractivity contribution in [1.82, 2.24) is 10.2 Å². The lowest BCUT2D eigenvalue weighted by Crippen LogP contribution is -2.56. The molecule has 0 bridgehead atoms. The molecule has 20 heavy (non-hydrogen) atoms. The molecule has 4 atom stereocenters. The fourth-order valence-corrected chi connectivity index (χ4v) is 3.19. The van der Waals surface area contributed by atoms with Gasteiger partial charge in [-0.15, -0.1) is 0 Å². The molecule has 0 saturated carbocycles. The standard InChI is InChI=1S/C14H23F3N2O/c1-9-4-3-7-19(10(9)2)13(20)12-6-5-11(8-18-12)14(15,16)17/h9-12,18H,3-8H2,1-2H3. The molecule has 2 saturated heterocycles. The Kier molecular flexibility index (Phi) is 4.62. The van der Waals surface area contributed by atoms with Gasteiger partial charge in [0.05, 0.1) is 12.0 Å². The Morgan fingerprint density at radius 2 is 1.90 bits per heavy atom. The lowest BCUT2D eigenvalue weighted by Gasteiger charge is -2.41. The highest BCUT2D eigenvalue weighted by atomic mass is 19.4. The van der Waals surface area contributed by atoms with Crippen LogP contribution >= 0.6 is 0 Å². The van der Waals surface area contributed by atoms with Gasteiger partial charge in [0.1, 0.15) is 0 Å². The van der Waals surface area contributed by atoms with E-state index >= 15 is 0 Å². The van der Waals surface area contributed by atoms with Crippen molar-refractivity contribution < 1.29 is 18.0 Å². The Balaban J connectivity index is 1.91. The van der Waals surface area contributed by atoms with Gasteiger partial charge in [-0.05, 0) is 38.5 Å². The second kappa shape index (κ2) is 5.92. The highest BCUT2D eigenvalue weighted by Gasteiger charge is 2.43. The van der Waals surface area contributed by atoms with Crippen molar-refractivity contribution in [2.75, 3.05) is 13.1 Å². The highest BCUT2D eigenvalue weighted by molar-refractivity contribution is 5.82. The van der Waals surface area contributed by atoms with E-state index in [9.17, 15) is 18.0 Å². The van der Waals surface area contributed by atoms with E-state index in [0.29, 0.717) is 5.92 Å². The molecule has 0 spiro atoms. The number of likely N-dealkylation sites (tertiary alicyclic amines) is 1. The van der Waals surface area contributed by atoms with Crippen LogP contribution in [0.2, 0.25) is 0 Å². The van der Waals surface area contributed by atoms with E-state index in [1.165, 1.54) is 0 Å². The summed E-state index contributed by atoms with van der Waals surface area (Å²) in [6, 6.07) is -0.264. The van der Waals surface area contributed by atoms with Crippen LogP contribution in [-0.2, 0) is 4.79 Å². The Labute approximate surface area is 117 Å². The molecule has 0 aromatic heterocycles. The number of halogens is 3. The second-order valence-corrected chi connectivity index (χ2v) is 6.17. The van der Waals surface area contributed by atoms with Gasteiger partial charge in [-0.25, -0.2) is 0 Å². The van der Waals surface area contributed by atoms with Gasteiger partial charge in [0.25, 0.3) is 0 Å². The number of nitrogens with one attached hydrogen (secondary N) is 1. The first-order valence-electron chi connectivity index (χ1n) is 7.41. The number of hydrogen-bond donors (Lipinski definition) is 1. The SMILES string of the molecule is CC1CCCN(C(=O)C2CCC(C(F)(F)F)CN2)C1C. The van der Waals surface area contributed by atoms with E-state index in [4.69, 9.17) is 0 Å². The van der Waals surface area contributed by atoms with Gasteiger partial charge in [-0.2, -0.15) is 13.2 Å². The third-order valence-electron chi connectivity index (χ3n) is 4.83. The van der Waals surface area contributed by atoms with Crippen LogP contribution < -0.4 is 5.32 Å². The molecular weight excluding hydrogens is 269 g/mol. The largest absolute Gasteiger partial charge is 0.393 e. The highest BCUT2D eigenvalue weighted by Crippen LogP contribution is 2.33. The van der Waals surface area contributed by atoms with Crippen LogP contribution in [0.15, 0.2) is 0 Å². The quantitative estimate of drug-likeness (QED) is 0.805. The normalized spacial score (nSPS) is 36.0. The van der Waals surface area contributed by atoms with E-state index < -0.39 is 18.1 Å². The maximum absolute atomic E-state index is 12.6. The molecule has 2 aliphatic heterocycles. The summed E-state index contributed by atoms with van der Waals surface area (Å²) in [5, 5.41) is 2.80. The van der Waals surface area contributed by atoms with Gasteiger partial charge in [0.15, 0.2) is 0 Å². The van der Waals surface area contributed by atoms with E-state index in [1.807, 2.05) is 11.8 Å². The predicted molar refractivity (Wildman–Crippen MR) is 70.1 cm³/mol. The summed E-state index contributed by atoms with van der Waals surface area (Å²) >= 11 is 0. The van der Waals surface area contributed by atoms with Crippen molar-refractivity contribution in [1.29, 1.82) is 0 Å². The third-order valence-corrected chi connectivity index (χ3v) is 4.83. The topological polar surface area (TPSA) is 32.3 Å². The Bertz CT molecular complexity index is 351. The Morgan fingerprint density at radius 3 is 2.45 bits per heavy atom. The lowest BCUT2D eigenvalue weighted by molar-refractivity contribution is -0.181. The van der Waals surface area contributed by atoms with E-state index in [-0.39, 0.29) is 31.3 Å². The second-order valence-electron chi connectivity index (χ2n) is 6.17. The van der Waals surface area contributed by atoms with Gasteiger partial charge in [0, 0.05) is 19.1 Å². The molecule has 116 valence electrons. The minimum atomic E-state index is -4.16. The number of carbonyl (C=O) groups is 1. The first-order valence-corrected chi connectivity index (χ1v) is 7.41. The zero-order valence-corrected chi connectivity index (χ0v) is 12.0. The molecular formula is C14H23F3N2O. The summed E-state index contributed by atoms with van der Waals surface area (Å²) in [5.74, 6) is -0.881. The summed E-state index contributed by atoms with van der Waals surface area (Å²) in [4.78, 5) is 14.3. The maximum atomic E-state index is 12.6. The molecule has 6 heteroatoms. The average Bonchev–Trinajstić information content (AvgIpc) is 2.40. The first-order chi connectivity index (χ1) is 9.30. The van der Waals surface area contributed by atoms with Crippen molar-refractivity contribution in [2.45, 2.75) is 57.8 Å². The summed E-state index contributed by atoms with van der Waals surface area (Å²) in [6.45, 7) is 4.74. The van der Waals surface area contributed by atoms with E-state index in [1.54, 1.807) is 0 Å². The van der Waals surface area contributed by atoms with Crippen LogP contribution in [0.5, 0.6) is 0 Å². The number of carbonyl (C=O) groups excluding carboxylic acids is 1. The predicted octanol–water partition coefficient (Wildman–Crippen LogP) is 2.56. The minimum absolute atomic E-state index is 0.0234. The number of rotatable bonds is 1. The lowest BCUT2D eigenvalue weighted by atomic mass is 9.89. The summed E-state index contributed by atoms with van der Waals surface area (Å²) in [6.07, 6.45) is -1.74. The van der Waals surface area contributed by atoms with Crippen molar-refractivity contribution in [2.24, 2.45) is 11.8 Å². The van der Waals surface area contributed by atoms with Gasteiger partial charge in [-0.3, -0.25) is 4.79 Å². The maximum Gasteiger partial charge on any atom is 0.393 e. The van der Waals surface area contributed by atoms with Crippen LogP contribution in [0, 0.1) is 11.8 Å². The molecule has 4 unspecified atom stereocenters. The number of alkyl halides is 3. The molecule has 3 nitrogen and oxygen atoms in total. The molecule has 1 N–H and O–H groups in total. The number of amides is 1. The number of piperidine rings is 2. The van der Waals surface area contributed by atoms with Gasteiger partial charge in [0.2, 0.25) is 5.91 Å². The van der Waals surface area contributed by atoms with Crippen molar-refractivity contribution in [3.8, 4) is 0 Å². The van der Waals surface area contributed by atoms with Crippen molar-refractivity contribution >= 4 is 5.91 Å². The Morgan fingerprint density at radius 1 is 1.20 bits per heavy atom. The monoisotopic (exact) mass is 292 g/mol. The zero-order chi connectivity index (χ0) is 14.9. The summed E-state index contributed by atoms with van der Waals surface area (Å²) < 4.78 is 37.8. The van der Waals surface area contributed by atoms with Crippen LogP contribution in [0.3, 0.4) is 0 Å². The molecule has 2 rings (SSSR count). The number of nitrogens with zero attached hydrogens (tertiary/aromatic N) is 1. The molecule has 2 heterocycles. The molecule has 0 aromatic carbocycles. The third kappa shape index (κ3) is 3.27. The molecule has 0 aliphatic carbocycles. The van der Waals surface area contributed by atoms with Crippen LogP contribution in [0.4, 0.5) is 13.2 Å². The first kappa shape index (κ1) is 15.6. The molecule has 0 aromatic rings. The smallest absolute Gasteiger partial charge is 0.338 e.